The molecular formula is C15H14F2N2O2. The van der Waals surface area contributed by atoms with Gasteiger partial charge in [0.25, 0.3) is 0 Å². The topological polar surface area (TPSA) is 61.4 Å². The quantitative estimate of drug-likeness (QED) is 0.793. The van der Waals surface area contributed by atoms with E-state index in [1.807, 2.05) is 0 Å². The number of carbonyl (C=O) groups excluding carboxylic acids is 1. The highest BCUT2D eigenvalue weighted by atomic mass is 19.2. The smallest absolute Gasteiger partial charge is 0.243 e. The van der Waals surface area contributed by atoms with Gasteiger partial charge in [0.15, 0.2) is 11.6 Å². The molecule has 3 N–H and O–H groups in total. The van der Waals surface area contributed by atoms with E-state index < -0.39 is 17.5 Å². The Hall–Kier alpha value is -2.47. The van der Waals surface area contributed by atoms with E-state index in [1.54, 1.807) is 24.3 Å². The average Bonchev–Trinajstić information content (AvgIpc) is 2.49. The summed E-state index contributed by atoms with van der Waals surface area (Å²) in [6.45, 7) is -0.121. The van der Waals surface area contributed by atoms with E-state index in [1.165, 1.54) is 6.07 Å². The second kappa shape index (κ2) is 6.81. The lowest BCUT2D eigenvalue weighted by molar-refractivity contribution is -0.114. The van der Waals surface area contributed by atoms with Crippen LogP contribution in [0.5, 0.6) is 0 Å². The van der Waals surface area contributed by atoms with Gasteiger partial charge in [-0.15, -0.1) is 0 Å². The van der Waals surface area contributed by atoms with Crippen molar-refractivity contribution in [3.63, 3.8) is 0 Å². The number of nitrogens with one attached hydrogen (secondary N) is 2. The number of carbonyl (C=O) groups is 1. The number of halogens is 2. The van der Waals surface area contributed by atoms with Gasteiger partial charge in [0.2, 0.25) is 5.91 Å². The van der Waals surface area contributed by atoms with E-state index in [9.17, 15) is 13.6 Å². The molecule has 0 heterocycles. The summed E-state index contributed by atoms with van der Waals surface area (Å²) in [5, 5.41) is 14.3. The first kappa shape index (κ1) is 14.9. The molecule has 0 aliphatic rings. The fourth-order valence-corrected chi connectivity index (χ4v) is 1.74. The monoisotopic (exact) mass is 292 g/mol. The number of aliphatic hydroxyl groups is 1. The first-order valence-corrected chi connectivity index (χ1v) is 6.27. The molecule has 0 aliphatic carbocycles. The SMILES string of the molecule is O=C(CNc1cccc(CO)c1)Nc1ccc(F)c(F)c1. The molecule has 4 nitrogen and oxygen atoms in total. The van der Waals surface area contributed by atoms with Gasteiger partial charge in [-0.1, -0.05) is 12.1 Å². The highest BCUT2D eigenvalue weighted by Crippen LogP contribution is 2.13. The van der Waals surface area contributed by atoms with Gasteiger partial charge in [0.05, 0.1) is 13.2 Å². The van der Waals surface area contributed by atoms with Crippen LogP contribution in [-0.2, 0) is 11.4 Å². The number of anilines is 2. The molecule has 0 unspecified atom stereocenters. The average molecular weight is 292 g/mol. The van der Waals surface area contributed by atoms with Crippen LogP contribution in [0.4, 0.5) is 20.2 Å². The van der Waals surface area contributed by atoms with Gasteiger partial charge in [0.1, 0.15) is 0 Å². The highest BCUT2D eigenvalue weighted by Gasteiger charge is 2.06. The molecule has 2 aromatic rings. The zero-order chi connectivity index (χ0) is 15.2. The summed E-state index contributed by atoms with van der Waals surface area (Å²) < 4.78 is 25.8. The number of hydrogen-bond donors (Lipinski definition) is 3. The molecule has 0 aliphatic heterocycles. The van der Waals surface area contributed by atoms with Gasteiger partial charge in [-0.25, -0.2) is 8.78 Å². The Bertz CT molecular complexity index is 647. The number of benzene rings is 2. The van der Waals surface area contributed by atoms with Crippen LogP contribution in [0, 0.1) is 11.6 Å². The Morgan fingerprint density at radius 1 is 1.05 bits per heavy atom. The summed E-state index contributed by atoms with van der Waals surface area (Å²) in [4.78, 5) is 11.7. The predicted octanol–water partition coefficient (Wildman–Crippen LogP) is 2.51. The highest BCUT2D eigenvalue weighted by molar-refractivity contribution is 5.93. The molecule has 2 rings (SSSR count). The second-order valence-electron chi connectivity index (χ2n) is 4.39. The number of aliphatic hydroxyl groups excluding tert-OH is 1. The molecule has 0 spiro atoms. The minimum Gasteiger partial charge on any atom is -0.392 e. The number of hydrogen-bond acceptors (Lipinski definition) is 3. The molecule has 6 heteroatoms. The van der Waals surface area contributed by atoms with Crippen LogP contribution in [-0.4, -0.2) is 17.6 Å². The Kier molecular flexibility index (Phi) is 4.84. The largest absolute Gasteiger partial charge is 0.392 e. The van der Waals surface area contributed by atoms with Gasteiger partial charge in [-0.2, -0.15) is 0 Å². The van der Waals surface area contributed by atoms with Crippen LogP contribution in [0.1, 0.15) is 5.56 Å². The summed E-state index contributed by atoms with van der Waals surface area (Å²) in [6, 6.07) is 10.1. The molecule has 110 valence electrons. The molecule has 21 heavy (non-hydrogen) atoms. The maximum atomic E-state index is 13.0. The normalized spacial score (nSPS) is 10.2. The van der Waals surface area contributed by atoms with E-state index in [0.717, 1.165) is 17.7 Å². The van der Waals surface area contributed by atoms with E-state index >= 15 is 0 Å². The summed E-state index contributed by atoms with van der Waals surface area (Å²) in [5.41, 5.74) is 1.59. The van der Waals surface area contributed by atoms with Crippen molar-refractivity contribution >= 4 is 17.3 Å². The van der Waals surface area contributed by atoms with Gasteiger partial charge in [-0.3, -0.25) is 4.79 Å². The second-order valence-corrected chi connectivity index (χ2v) is 4.39. The zero-order valence-electron chi connectivity index (χ0n) is 11.1. The molecular weight excluding hydrogens is 278 g/mol. The van der Waals surface area contributed by atoms with Crippen LogP contribution < -0.4 is 10.6 Å². The molecule has 0 saturated heterocycles. The first-order chi connectivity index (χ1) is 10.1. The lowest BCUT2D eigenvalue weighted by Gasteiger charge is -2.09. The zero-order valence-corrected chi connectivity index (χ0v) is 11.1. The summed E-state index contributed by atoms with van der Waals surface area (Å²) in [5.74, 6) is -2.38. The molecule has 1 amide bonds. The van der Waals surface area contributed by atoms with Crippen molar-refractivity contribution in [2.45, 2.75) is 6.61 Å². The number of rotatable bonds is 5. The van der Waals surface area contributed by atoms with Crippen molar-refractivity contribution in [3.8, 4) is 0 Å². The van der Waals surface area contributed by atoms with E-state index in [4.69, 9.17) is 5.11 Å². The minimum absolute atomic E-state index is 0.0339. The van der Waals surface area contributed by atoms with Gasteiger partial charge >= 0.3 is 0 Å². The lowest BCUT2D eigenvalue weighted by atomic mass is 10.2. The Balaban J connectivity index is 1.91. The van der Waals surface area contributed by atoms with Crippen molar-refractivity contribution in [2.24, 2.45) is 0 Å². The Labute approximate surface area is 120 Å². The minimum atomic E-state index is -1.02. The van der Waals surface area contributed by atoms with Crippen LogP contribution in [0.25, 0.3) is 0 Å². The van der Waals surface area contributed by atoms with Crippen molar-refractivity contribution in [1.29, 1.82) is 0 Å². The van der Waals surface area contributed by atoms with Gasteiger partial charge < -0.3 is 15.7 Å². The molecule has 0 radical (unpaired) electrons. The first-order valence-electron chi connectivity index (χ1n) is 6.27. The fraction of sp³-hybridized carbons (Fsp3) is 0.133. The molecule has 0 saturated carbocycles. The lowest BCUT2D eigenvalue weighted by Crippen LogP contribution is -2.21. The molecule has 0 atom stereocenters. The summed E-state index contributed by atoms with van der Waals surface area (Å²) in [7, 11) is 0. The third-order valence-electron chi connectivity index (χ3n) is 2.77. The maximum absolute atomic E-state index is 13.0. The van der Waals surface area contributed by atoms with Crippen molar-refractivity contribution in [2.75, 3.05) is 17.2 Å². The van der Waals surface area contributed by atoms with Crippen LogP contribution in [0.15, 0.2) is 42.5 Å². The third kappa shape index (κ3) is 4.25. The summed E-state index contributed by atoms with van der Waals surface area (Å²) >= 11 is 0. The third-order valence-corrected chi connectivity index (χ3v) is 2.77. The van der Waals surface area contributed by atoms with E-state index in [-0.39, 0.29) is 18.8 Å². The molecule has 0 bridgehead atoms. The van der Waals surface area contributed by atoms with Crippen LogP contribution >= 0.6 is 0 Å². The van der Waals surface area contributed by atoms with Crippen molar-refractivity contribution < 1.29 is 18.7 Å². The van der Waals surface area contributed by atoms with E-state index in [0.29, 0.717) is 5.69 Å². The number of amides is 1. The fourth-order valence-electron chi connectivity index (χ4n) is 1.74. The van der Waals surface area contributed by atoms with Crippen molar-refractivity contribution in [3.05, 3.63) is 59.7 Å². The molecule has 0 aromatic heterocycles. The molecule has 2 aromatic carbocycles. The summed E-state index contributed by atoms with van der Waals surface area (Å²) in [6.07, 6.45) is 0. The van der Waals surface area contributed by atoms with Gasteiger partial charge in [-0.05, 0) is 29.8 Å². The van der Waals surface area contributed by atoms with Crippen LogP contribution in [0.2, 0.25) is 0 Å². The van der Waals surface area contributed by atoms with Crippen LogP contribution in [0.3, 0.4) is 0 Å². The Morgan fingerprint density at radius 3 is 2.57 bits per heavy atom. The van der Waals surface area contributed by atoms with Crippen molar-refractivity contribution in [1.82, 2.24) is 0 Å². The van der Waals surface area contributed by atoms with E-state index in [2.05, 4.69) is 10.6 Å². The Morgan fingerprint density at radius 2 is 1.86 bits per heavy atom. The standard InChI is InChI=1S/C15H14F2N2O2/c16-13-5-4-12(7-14(13)17)19-15(21)8-18-11-3-1-2-10(6-11)9-20/h1-7,18,20H,8-9H2,(H,19,21). The predicted molar refractivity (Wildman–Crippen MR) is 75.8 cm³/mol. The van der Waals surface area contributed by atoms with Gasteiger partial charge in [0, 0.05) is 17.4 Å². The maximum Gasteiger partial charge on any atom is 0.243 e. The molecule has 0 fully saturated rings.